The Morgan fingerprint density at radius 3 is 2.23 bits per heavy atom. The van der Waals surface area contributed by atoms with E-state index in [4.69, 9.17) is 20.0 Å². The smallest absolute Gasteiger partial charge is 0.161 e. The summed E-state index contributed by atoms with van der Waals surface area (Å²) in [5, 5.41) is 17.7. The molecular formula is C18H14N2O2. The van der Waals surface area contributed by atoms with Gasteiger partial charge in [-0.25, -0.2) is 0 Å². The topological polar surface area (TPSA) is 66.0 Å². The second kappa shape index (κ2) is 6.97. The third kappa shape index (κ3) is 3.26. The molecule has 0 spiro atoms. The Bertz CT molecular complexity index is 779. The first-order valence-electron chi connectivity index (χ1n) is 6.56. The van der Waals surface area contributed by atoms with Crippen LogP contribution in [0.4, 0.5) is 0 Å². The molecule has 108 valence electrons. The van der Waals surface area contributed by atoms with Crippen molar-refractivity contribution in [2.75, 3.05) is 14.2 Å². The summed E-state index contributed by atoms with van der Waals surface area (Å²) >= 11 is 0. The van der Waals surface area contributed by atoms with Crippen molar-refractivity contribution in [3.8, 4) is 34.8 Å². The molecule has 22 heavy (non-hydrogen) atoms. The van der Waals surface area contributed by atoms with Crippen LogP contribution < -0.4 is 9.47 Å². The van der Waals surface area contributed by atoms with Crippen LogP contribution in [0.25, 0.3) is 17.2 Å². The fourth-order valence-corrected chi connectivity index (χ4v) is 2.08. The number of benzene rings is 2. The lowest BCUT2D eigenvalue weighted by atomic mass is 10.0. The van der Waals surface area contributed by atoms with Crippen molar-refractivity contribution in [3.63, 3.8) is 0 Å². The molecular weight excluding hydrogens is 276 g/mol. The average Bonchev–Trinajstić information content (AvgIpc) is 2.59. The zero-order chi connectivity index (χ0) is 15.9. The minimum absolute atomic E-state index is 0.0736. The van der Waals surface area contributed by atoms with Crippen molar-refractivity contribution in [1.82, 2.24) is 0 Å². The summed E-state index contributed by atoms with van der Waals surface area (Å²) < 4.78 is 10.5. The fraction of sp³-hybridized carbons (Fsp3) is 0.111. The lowest BCUT2D eigenvalue weighted by Crippen LogP contribution is -1.91. The Kier molecular flexibility index (Phi) is 4.80. The van der Waals surface area contributed by atoms with Gasteiger partial charge in [0.05, 0.1) is 14.2 Å². The van der Waals surface area contributed by atoms with Crippen LogP contribution >= 0.6 is 0 Å². The standard InChI is InChI=1S/C18H14N2O2/c1-21-17-7-6-16(10-18(17)22-2)15-5-3-4-13(9-15)8-14(11-19)12-20/h3-10H,1-2H3. The summed E-state index contributed by atoms with van der Waals surface area (Å²) in [7, 11) is 3.18. The van der Waals surface area contributed by atoms with Gasteiger partial charge in [-0.3, -0.25) is 0 Å². The number of nitriles is 2. The molecule has 0 aromatic heterocycles. The Morgan fingerprint density at radius 2 is 1.59 bits per heavy atom. The lowest BCUT2D eigenvalue weighted by molar-refractivity contribution is 0.355. The van der Waals surface area contributed by atoms with Crippen molar-refractivity contribution in [2.45, 2.75) is 0 Å². The van der Waals surface area contributed by atoms with E-state index in [1.165, 1.54) is 0 Å². The predicted octanol–water partition coefficient (Wildman–Crippen LogP) is 3.80. The zero-order valence-corrected chi connectivity index (χ0v) is 12.3. The molecule has 0 radical (unpaired) electrons. The summed E-state index contributed by atoms with van der Waals surface area (Å²) in [4.78, 5) is 0. The maximum Gasteiger partial charge on any atom is 0.161 e. The minimum atomic E-state index is 0.0736. The normalized spacial score (nSPS) is 9.27. The highest BCUT2D eigenvalue weighted by atomic mass is 16.5. The number of nitrogens with zero attached hydrogens (tertiary/aromatic N) is 2. The van der Waals surface area contributed by atoms with E-state index in [9.17, 15) is 0 Å². The molecule has 0 aliphatic carbocycles. The molecule has 0 saturated carbocycles. The van der Waals surface area contributed by atoms with E-state index in [1.807, 2.05) is 54.6 Å². The molecule has 2 rings (SSSR count). The molecule has 0 saturated heterocycles. The molecule has 0 unspecified atom stereocenters. The van der Waals surface area contributed by atoms with Crippen molar-refractivity contribution in [1.29, 1.82) is 10.5 Å². The highest BCUT2D eigenvalue weighted by Crippen LogP contribution is 2.32. The monoisotopic (exact) mass is 290 g/mol. The Balaban J connectivity index is 2.45. The molecule has 0 fully saturated rings. The Morgan fingerprint density at radius 1 is 0.909 bits per heavy atom. The van der Waals surface area contributed by atoms with E-state index in [2.05, 4.69) is 0 Å². The summed E-state index contributed by atoms with van der Waals surface area (Å²) in [5.74, 6) is 1.31. The fourth-order valence-electron chi connectivity index (χ4n) is 2.08. The molecule has 0 bridgehead atoms. The maximum atomic E-state index is 8.83. The Labute approximate surface area is 129 Å². The molecule has 0 atom stereocenters. The van der Waals surface area contributed by atoms with Crippen molar-refractivity contribution in [2.24, 2.45) is 0 Å². The maximum absolute atomic E-state index is 8.83. The van der Waals surface area contributed by atoms with Gasteiger partial charge in [0.2, 0.25) is 0 Å². The van der Waals surface area contributed by atoms with Gasteiger partial charge in [-0.2, -0.15) is 10.5 Å². The number of allylic oxidation sites excluding steroid dienone is 1. The first-order chi connectivity index (χ1) is 10.7. The lowest BCUT2D eigenvalue weighted by Gasteiger charge is -2.10. The first-order valence-corrected chi connectivity index (χ1v) is 6.56. The van der Waals surface area contributed by atoms with Crippen LogP contribution in [0.2, 0.25) is 0 Å². The highest BCUT2D eigenvalue weighted by Gasteiger charge is 2.06. The minimum Gasteiger partial charge on any atom is -0.493 e. The SMILES string of the molecule is COc1ccc(-c2cccc(C=C(C#N)C#N)c2)cc1OC. The van der Waals surface area contributed by atoms with Crippen molar-refractivity contribution >= 4 is 6.08 Å². The van der Waals surface area contributed by atoms with Gasteiger partial charge < -0.3 is 9.47 Å². The predicted molar refractivity (Wildman–Crippen MR) is 84.2 cm³/mol. The van der Waals surface area contributed by atoms with Gasteiger partial charge in [0.1, 0.15) is 17.7 Å². The third-order valence-electron chi connectivity index (χ3n) is 3.16. The first kappa shape index (κ1) is 15.2. The van der Waals surface area contributed by atoms with Crippen LogP contribution in [-0.2, 0) is 0 Å². The van der Waals surface area contributed by atoms with Crippen molar-refractivity contribution < 1.29 is 9.47 Å². The van der Waals surface area contributed by atoms with Crippen LogP contribution in [0.1, 0.15) is 5.56 Å². The van der Waals surface area contributed by atoms with Crippen LogP contribution in [-0.4, -0.2) is 14.2 Å². The average molecular weight is 290 g/mol. The third-order valence-corrected chi connectivity index (χ3v) is 3.16. The van der Waals surface area contributed by atoms with E-state index < -0.39 is 0 Å². The molecule has 4 nitrogen and oxygen atoms in total. The molecule has 0 N–H and O–H groups in total. The van der Waals surface area contributed by atoms with Crippen LogP contribution in [0.5, 0.6) is 11.5 Å². The molecule has 0 aliphatic heterocycles. The van der Waals surface area contributed by atoms with Crippen molar-refractivity contribution in [3.05, 3.63) is 53.6 Å². The van der Waals surface area contributed by atoms with E-state index in [1.54, 1.807) is 20.3 Å². The summed E-state index contributed by atoms with van der Waals surface area (Å²) in [6, 6.07) is 17.0. The van der Waals surface area contributed by atoms with E-state index >= 15 is 0 Å². The summed E-state index contributed by atoms with van der Waals surface area (Å²) in [6.07, 6.45) is 1.56. The zero-order valence-electron chi connectivity index (χ0n) is 12.3. The molecule has 2 aromatic rings. The summed E-state index contributed by atoms with van der Waals surface area (Å²) in [6.45, 7) is 0. The molecule has 2 aromatic carbocycles. The second-order valence-electron chi connectivity index (χ2n) is 4.48. The van der Waals surface area contributed by atoms with E-state index in [-0.39, 0.29) is 5.57 Å². The molecule has 0 aliphatic rings. The van der Waals surface area contributed by atoms with Gasteiger partial charge in [0.25, 0.3) is 0 Å². The number of ether oxygens (including phenoxy) is 2. The van der Waals surface area contributed by atoms with Gasteiger partial charge in [0, 0.05) is 0 Å². The van der Waals surface area contributed by atoms with Gasteiger partial charge >= 0.3 is 0 Å². The number of methoxy groups -OCH3 is 2. The molecule has 0 heterocycles. The quantitative estimate of drug-likeness (QED) is 0.803. The van der Waals surface area contributed by atoms with Crippen LogP contribution in [0.15, 0.2) is 48.0 Å². The van der Waals surface area contributed by atoms with Gasteiger partial charge in [-0.1, -0.05) is 24.3 Å². The second-order valence-corrected chi connectivity index (χ2v) is 4.48. The largest absolute Gasteiger partial charge is 0.493 e. The molecule has 4 heteroatoms. The van der Waals surface area contributed by atoms with Gasteiger partial charge in [-0.15, -0.1) is 0 Å². The van der Waals surface area contributed by atoms with Crippen LogP contribution in [0, 0.1) is 22.7 Å². The number of hydrogen-bond acceptors (Lipinski definition) is 4. The van der Waals surface area contributed by atoms with Gasteiger partial charge in [0.15, 0.2) is 11.5 Å². The van der Waals surface area contributed by atoms with Crippen LogP contribution in [0.3, 0.4) is 0 Å². The number of hydrogen-bond donors (Lipinski definition) is 0. The summed E-state index contributed by atoms with van der Waals surface area (Å²) in [5.41, 5.74) is 2.79. The number of rotatable bonds is 4. The molecule has 0 amide bonds. The van der Waals surface area contributed by atoms with E-state index in [0.29, 0.717) is 11.5 Å². The Hall–Kier alpha value is -3.24. The van der Waals surface area contributed by atoms with E-state index in [0.717, 1.165) is 16.7 Å². The van der Waals surface area contributed by atoms with Gasteiger partial charge in [-0.05, 0) is 41.0 Å². The highest BCUT2D eigenvalue weighted by molar-refractivity contribution is 5.72.